The summed E-state index contributed by atoms with van der Waals surface area (Å²) in [5, 5.41) is 29.1. The first-order chi connectivity index (χ1) is 11.3. The van der Waals surface area contributed by atoms with Gasteiger partial charge in [0.25, 0.3) is 0 Å². The van der Waals surface area contributed by atoms with E-state index >= 15 is 0 Å². The van der Waals surface area contributed by atoms with E-state index in [4.69, 9.17) is 9.47 Å². The highest BCUT2D eigenvalue weighted by atomic mass is 16.5. The number of hydrogen-bond donors (Lipinski definition) is 3. The highest BCUT2D eigenvalue weighted by Gasteiger charge is 2.28. The number of methoxy groups -OCH3 is 2. The lowest BCUT2D eigenvalue weighted by Crippen LogP contribution is -2.13. The number of rotatable bonds is 5. The van der Waals surface area contributed by atoms with Gasteiger partial charge in [0, 0.05) is 6.07 Å². The quantitative estimate of drug-likeness (QED) is 0.720. The third kappa shape index (κ3) is 2.96. The highest BCUT2D eigenvalue weighted by Crippen LogP contribution is 2.36. The van der Waals surface area contributed by atoms with Crippen molar-refractivity contribution < 1.29 is 34.4 Å². The van der Waals surface area contributed by atoms with Gasteiger partial charge in [-0.25, -0.2) is 4.79 Å². The predicted octanol–water partition coefficient (Wildman–Crippen LogP) is 2.35. The zero-order chi connectivity index (χ0) is 18.0. The summed E-state index contributed by atoms with van der Waals surface area (Å²) in [6.45, 7) is 1.71. The molecule has 0 heterocycles. The Morgan fingerprint density at radius 1 is 0.917 bits per heavy atom. The summed E-state index contributed by atoms with van der Waals surface area (Å²) < 4.78 is 10.2. The molecule has 0 aliphatic carbocycles. The van der Waals surface area contributed by atoms with Crippen LogP contribution in [0.5, 0.6) is 23.0 Å². The minimum absolute atomic E-state index is 0.101. The molecule has 24 heavy (non-hydrogen) atoms. The molecule has 0 unspecified atom stereocenters. The lowest BCUT2D eigenvalue weighted by atomic mass is 9.95. The van der Waals surface area contributed by atoms with Gasteiger partial charge in [0.2, 0.25) is 5.78 Å². The predicted molar refractivity (Wildman–Crippen MR) is 84.4 cm³/mol. The fourth-order valence-corrected chi connectivity index (χ4v) is 2.41. The van der Waals surface area contributed by atoms with Crippen molar-refractivity contribution >= 4 is 11.8 Å². The van der Waals surface area contributed by atoms with Crippen LogP contribution in [0.25, 0.3) is 0 Å². The number of carbonyl (C=O) groups is 2. The van der Waals surface area contributed by atoms with Gasteiger partial charge in [0.05, 0.1) is 25.3 Å². The zero-order valence-electron chi connectivity index (χ0n) is 13.3. The van der Waals surface area contributed by atoms with Crippen LogP contribution in [0, 0.1) is 6.92 Å². The topological polar surface area (TPSA) is 113 Å². The average Bonchev–Trinajstić information content (AvgIpc) is 2.52. The van der Waals surface area contributed by atoms with Gasteiger partial charge in [-0.2, -0.15) is 0 Å². The second-order valence-corrected chi connectivity index (χ2v) is 5.07. The van der Waals surface area contributed by atoms with E-state index in [1.807, 2.05) is 0 Å². The van der Waals surface area contributed by atoms with Crippen LogP contribution in [0.3, 0.4) is 0 Å². The van der Waals surface area contributed by atoms with Gasteiger partial charge in [-0.3, -0.25) is 4.79 Å². The molecular formula is C17H16O7. The molecule has 2 aromatic carbocycles. The van der Waals surface area contributed by atoms with E-state index < -0.39 is 17.3 Å². The molecule has 0 aliphatic heterocycles. The Kier molecular flexibility index (Phi) is 4.64. The SMILES string of the molecule is COc1cc(C)cc(O)c1C(=O)c1c(OC)cc(O)cc1C(=O)O. The first kappa shape index (κ1) is 17.1. The van der Waals surface area contributed by atoms with E-state index in [-0.39, 0.29) is 34.1 Å². The first-order valence-corrected chi connectivity index (χ1v) is 6.86. The number of aromatic hydroxyl groups is 2. The van der Waals surface area contributed by atoms with E-state index in [9.17, 15) is 24.9 Å². The fraction of sp³-hybridized carbons (Fsp3) is 0.176. The molecule has 0 amide bonds. The maximum absolute atomic E-state index is 12.9. The van der Waals surface area contributed by atoms with Crippen molar-refractivity contribution in [1.82, 2.24) is 0 Å². The number of carboxylic acid groups (broad SMARTS) is 1. The first-order valence-electron chi connectivity index (χ1n) is 6.86. The maximum Gasteiger partial charge on any atom is 0.336 e. The number of aryl methyl sites for hydroxylation is 1. The summed E-state index contributed by atoms with van der Waals surface area (Å²) in [5.41, 5.74) is -0.259. The monoisotopic (exact) mass is 332 g/mol. The molecule has 0 saturated carbocycles. The summed E-state index contributed by atoms with van der Waals surface area (Å²) in [6, 6.07) is 4.97. The number of benzene rings is 2. The van der Waals surface area contributed by atoms with Crippen LogP contribution in [0.15, 0.2) is 24.3 Å². The van der Waals surface area contributed by atoms with Crippen LogP contribution in [-0.2, 0) is 0 Å². The van der Waals surface area contributed by atoms with Gasteiger partial charge in [-0.05, 0) is 30.7 Å². The van der Waals surface area contributed by atoms with E-state index in [1.54, 1.807) is 13.0 Å². The number of phenolic OH excluding ortho intramolecular Hbond substituents is 2. The van der Waals surface area contributed by atoms with Crippen molar-refractivity contribution in [3.05, 3.63) is 46.5 Å². The third-order valence-corrected chi connectivity index (χ3v) is 3.44. The van der Waals surface area contributed by atoms with Gasteiger partial charge in [0.1, 0.15) is 28.6 Å². The van der Waals surface area contributed by atoms with E-state index in [1.165, 1.54) is 20.3 Å². The second kappa shape index (κ2) is 6.49. The molecule has 3 N–H and O–H groups in total. The second-order valence-electron chi connectivity index (χ2n) is 5.07. The van der Waals surface area contributed by atoms with Crippen LogP contribution in [0.2, 0.25) is 0 Å². The highest BCUT2D eigenvalue weighted by molar-refractivity contribution is 6.18. The van der Waals surface area contributed by atoms with E-state index in [0.717, 1.165) is 12.1 Å². The van der Waals surface area contributed by atoms with E-state index in [0.29, 0.717) is 5.56 Å². The van der Waals surface area contributed by atoms with E-state index in [2.05, 4.69) is 0 Å². The largest absolute Gasteiger partial charge is 0.508 e. The lowest BCUT2D eigenvalue weighted by Gasteiger charge is -2.15. The van der Waals surface area contributed by atoms with Gasteiger partial charge in [0.15, 0.2) is 0 Å². The molecule has 7 nitrogen and oxygen atoms in total. The van der Waals surface area contributed by atoms with Crippen molar-refractivity contribution in [1.29, 1.82) is 0 Å². The Morgan fingerprint density at radius 3 is 2.04 bits per heavy atom. The third-order valence-electron chi connectivity index (χ3n) is 3.44. The van der Waals surface area contributed by atoms with Crippen LogP contribution in [0.1, 0.15) is 31.8 Å². The molecule has 0 spiro atoms. The number of carbonyl (C=O) groups excluding carboxylic acids is 1. The smallest absolute Gasteiger partial charge is 0.336 e. The molecule has 126 valence electrons. The maximum atomic E-state index is 12.9. The Bertz CT molecular complexity index is 824. The summed E-state index contributed by atoms with van der Waals surface area (Å²) in [6.07, 6.45) is 0. The minimum atomic E-state index is -1.42. The standard InChI is InChI=1S/C17H16O7/c1-8-4-11(19)15(12(5-8)23-2)16(20)14-10(17(21)22)6-9(18)7-13(14)24-3/h4-7,18-19H,1-3H3,(H,21,22). The molecular weight excluding hydrogens is 316 g/mol. The number of ether oxygens (including phenoxy) is 2. The summed E-state index contributed by atoms with van der Waals surface area (Å²) in [5.74, 6) is -2.94. The Labute approximate surface area is 137 Å². The molecule has 0 atom stereocenters. The Hall–Kier alpha value is -3.22. The normalized spacial score (nSPS) is 10.3. The lowest BCUT2D eigenvalue weighted by molar-refractivity contribution is 0.0691. The van der Waals surface area contributed by atoms with Gasteiger partial charge >= 0.3 is 5.97 Å². The van der Waals surface area contributed by atoms with Crippen molar-refractivity contribution in [3.63, 3.8) is 0 Å². The fourth-order valence-electron chi connectivity index (χ4n) is 2.41. The molecule has 0 bridgehead atoms. The molecule has 0 fully saturated rings. The number of hydrogen-bond acceptors (Lipinski definition) is 6. The summed E-state index contributed by atoms with van der Waals surface area (Å²) in [7, 11) is 2.57. The van der Waals surface area contributed by atoms with Crippen molar-refractivity contribution in [2.45, 2.75) is 6.92 Å². The molecule has 7 heteroatoms. The summed E-state index contributed by atoms with van der Waals surface area (Å²) in [4.78, 5) is 24.4. The minimum Gasteiger partial charge on any atom is -0.508 e. The molecule has 0 radical (unpaired) electrons. The van der Waals surface area contributed by atoms with Crippen molar-refractivity contribution in [2.24, 2.45) is 0 Å². The molecule has 0 saturated heterocycles. The zero-order valence-corrected chi connectivity index (χ0v) is 13.3. The summed E-state index contributed by atoms with van der Waals surface area (Å²) >= 11 is 0. The van der Waals surface area contributed by atoms with Gasteiger partial charge < -0.3 is 24.8 Å². The molecule has 0 aromatic heterocycles. The van der Waals surface area contributed by atoms with Crippen LogP contribution in [0.4, 0.5) is 0 Å². The van der Waals surface area contributed by atoms with Crippen LogP contribution < -0.4 is 9.47 Å². The number of phenols is 2. The van der Waals surface area contributed by atoms with Gasteiger partial charge in [-0.15, -0.1) is 0 Å². The Morgan fingerprint density at radius 2 is 1.50 bits per heavy atom. The molecule has 0 aliphatic rings. The van der Waals surface area contributed by atoms with Crippen LogP contribution in [-0.4, -0.2) is 41.3 Å². The van der Waals surface area contributed by atoms with Crippen molar-refractivity contribution in [2.75, 3.05) is 14.2 Å². The van der Waals surface area contributed by atoms with Gasteiger partial charge in [-0.1, -0.05) is 0 Å². The van der Waals surface area contributed by atoms with Crippen molar-refractivity contribution in [3.8, 4) is 23.0 Å². The number of aromatic carboxylic acids is 1. The number of ketones is 1. The van der Waals surface area contributed by atoms with Crippen LogP contribution >= 0.6 is 0 Å². The molecule has 2 rings (SSSR count). The Balaban J connectivity index is 2.78. The number of carboxylic acids is 1. The average molecular weight is 332 g/mol. The molecule has 2 aromatic rings.